The summed E-state index contributed by atoms with van der Waals surface area (Å²) in [4.78, 5) is 215. The van der Waals surface area contributed by atoms with Crippen LogP contribution in [0.3, 0.4) is 0 Å². The number of aliphatic carboxylic acids is 10. The Hall–Kier alpha value is -9.89. The first-order chi connectivity index (χ1) is 49.3. The molecule has 15 N–H and O–H groups in total. The van der Waals surface area contributed by atoms with Crippen LogP contribution in [-0.4, -0.2) is 321 Å². The number of rotatable bonds is 60. The number of carboxylic acid groups (broad SMARTS) is 10. The van der Waals surface area contributed by atoms with E-state index in [-0.39, 0.29) is 89.0 Å². The number of Topliss-reactive ketones (excluding diaryl/α,β-unsaturated/α-hetero) is 2. The van der Waals surface area contributed by atoms with E-state index in [1.54, 1.807) is 37.4 Å². The molecule has 38 heteroatoms. The second kappa shape index (κ2) is 48.2. The number of imidazole rings is 1. The minimum Gasteiger partial charge on any atom is -0.480 e. The summed E-state index contributed by atoms with van der Waals surface area (Å²) < 4.78 is 0. The lowest BCUT2D eigenvalue weighted by atomic mass is 9.83. The fourth-order valence-corrected chi connectivity index (χ4v) is 11.5. The number of carbonyl (C=O) groups excluding carboxylic acids is 6. The number of aromatic nitrogens is 2. The van der Waals surface area contributed by atoms with Crippen LogP contribution in [0.4, 0.5) is 0 Å². The minimum absolute atomic E-state index is 0.0160. The molecule has 0 aliphatic heterocycles. The van der Waals surface area contributed by atoms with Gasteiger partial charge in [0.1, 0.15) is 23.9 Å². The Morgan fingerprint density at radius 1 is 0.467 bits per heavy atom. The topological polar surface area (TPSA) is 572 Å². The number of amides is 4. The Labute approximate surface area is 605 Å². The van der Waals surface area contributed by atoms with Gasteiger partial charge in [0, 0.05) is 115 Å². The molecule has 4 amide bonds. The number of carboxylic acids is 10. The van der Waals surface area contributed by atoms with Gasteiger partial charge in [-0.15, -0.1) is 0 Å². The lowest BCUT2D eigenvalue weighted by molar-refractivity contribution is -0.146. The van der Waals surface area contributed by atoms with Crippen molar-refractivity contribution in [3.05, 3.63) is 53.6 Å². The Morgan fingerprint density at radius 2 is 0.876 bits per heavy atom. The summed E-state index contributed by atoms with van der Waals surface area (Å²) in [5, 5.41) is 107. The Morgan fingerprint density at radius 3 is 1.25 bits per heavy atom. The van der Waals surface area contributed by atoms with Crippen LogP contribution in [0, 0.1) is 23.7 Å². The molecule has 0 fully saturated rings. The van der Waals surface area contributed by atoms with E-state index in [2.05, 4.69) is 31.2 Å². The molecule has 0 aliphatic carbocycles. The summed E-state index contributed by atoms with van der Waals surface area (Å²) in [6.45, 7) is -0.489. The molecule has 0 radical (unpaired) electrons. The Bertz CT molecular complexity index is 3080. The smallest absolute Gasteiger partial charge is 0.320 e. The molecule has 0 bridgehead atoms. The number of aryl methyl sites for hydroxylation is 1. The number of aromatic amines is 1. The first-order valence-electron chi connectivity index (χ1n) is 34.2. The molecular weight excluding hydrogens is 1390 g/mol. The van der Waals surface area contributed by atoms with Gasteiger partial charge in [0.2, 0.25) is 23.6 Å². The maximum absolute atomic E-state index is 14.3. The SMILES string of the molecule is CCC(C)[C@H](CC(=O)[C@@H](C)Cc1cnc[nH]1)C(=O)N[C@@H](CC(C)C)C(=O)NCc1ccc(CCC(=O)[C@H](CCNC(=O)CC[C@@H](C(=O)O)N(CCN(CC(=O)O)CC(=O)O)CCN(CC(=O)O)CC(=O)O)NC(=O)CC[C@@H](C(=O)O)N(CCN(CC(=O)O)CC(=O)O)CCN(CC(=O)O)CC(=O)O)cc1. The van der Waals surface area contributed by atoms with Crippen LogP contribution in [0.15, 0.2) is 36.8 Å². The standard InChI is InChI=1S/C67H102N12O26/c1-6-42(4)47(29-53(81)43(5)28-46-31-68-40-71-46)64(100)73-49(27-41(2)3)65(101)70-30-45-9-7-44(8-10-45)11-14-52(80)48(72-55(83)16-13-51(67(104)105)79(25-21-76(36-60(92)93)37-61(94)95)26-22-77(38-62(96)97)39-63(98)99)17-18-69-54(82)15-12-50(66(102)103)78(23-19-74(32-56(84)85)33-57(86)87)24-20-75(34-58(88)89)35-59(90)91/h7-10,31,40-43,47-51H,6,11-30,32-39H2,1-5H3,(H,68,71)(H,69,82)(H,70,101)(H,72,83)(H,73,100)(H,84,85)(H,86,87)(H,88,89)(H,90,91)(H,92,93)(H,94,95)(H,96,97)(H,98,99)(H,102,103)(H,104,105)/t42?,43-,47-,48-,49-,50-,51-/m0/s1. The van der Waals surface area contributed by atoms with E-state index >= 15 is 0 Å². The molecule has 0 spiro atoms. The maximum Gasteiger partial charge on any atom is 0.320 e. The second-order valence-electron chi connectivity index (χ2n) is 26.1. The highest BCUT2D eigenvalue weighted by molar-refractivity contribution is 5.92. The average Bonchev–Trinajstić information content (AvgIpc) is 1.37. The molecule has 1 aromatic carbocycles. The molecule has 1 aromatic heterocycles. The highest BCUT2D eigenvalue weighted by Gasteiger charge is 2.35. The highest BCUT2D eigenvalue weighted by atomic mass is 16.4. The predicted octanol–water partition coefficient (Wildman–Crippen LogP) is -1.49. The minimum atomic E-state index is -1.66. The van der Waals surface area contributed by atoms with E-state index in [0.717, 1.165) is 25.3 Å². The monoisotopic (exact) mass is 1490 g/mol. The fourth-order valence-electron chi connectivity index (χ4n) is 11.5. The number of hydrogen-bond acceptors (Lipinski definition) is 23. The van der Waals surface area contributed by atoms with Gasteiger partial charge in [-0.1, -0.05) is 65.3 Å². The third-order valence-electron chi connectivity index (χ3n) is 17.1. The van der Waals surface area contributed by atoms with Gasteiger partial charge in [0.25, 0.3) is 0 Å². The molecule has 2 rings (SSSR count). The zero-order chi connectivity index (χ0) is 79.0. The molecule has 0 saturated carbocycles. The van der Waals surface area contributed by atoms with Crippen LogP contribution in [0.25, 0.3) is 0 Å². The molecule has 0 aliphatic rings. The summed E-state index contributed by atoms with van der Waals surface area (Å²) in [5.41, 5.74) is 2.00. The van der Waals surface area contributed by atoms with Crippen LogP contribution in [0.1, 0.15) is 109 Å². The lowest BCUT2D eigenvalue weighted by Gasteiger charge is -2.32. The summed E-state index contributed by atoms with van der Waals surface area (Å²) in [5.74, 6) is -19.2. The van der Waals surface area contributed by atoms with Gasteiger partial charge in [0.15, 0.2) is 5.78 Å². The van der Waals surface area contributed by atoms with Crippen molar-refractivity contribution in [3.63, 3.8) is 0 Å². The van der Waals surface area contributed by atoms with Gasteiger partial charge < -0.3 is 77.3 Å². The van der Waals surface area contributed by atoms with Gasteiger partial charge in [0.05, 0.1) is 64.7 Å². The van der Waals surface area contributed by atoms with Crippen molar-refractivity contribution < 1.29 is 128 Å². The van der Waals surface area contributed by atoms with Gasteiger partial charge in [-0.25, -0.2) is 4.98 Å². The van der Waals surface area contributed by atoms with Crippen molar-refractivity contribution in [2.75, 3.05) is 111 Å². The van der Waals surface area contributed by atoms with Crippen LogP contribution in [0.2, 0.25) is 0 Å². The molecule has 1 heterocycles. The van der Waals surface area contributed by atoms with Crippen molar-refractivity contribution in [1.29, 1.82) is 0 Å². The predicted molar refractivity (Wildman–Crippen MR) is 368 cm³/mol. The first-order valence-corrected chi connectivity index (χ1v) is 34.2. The summed E-state index contributed by atoms with van der Waals surface area (Å²) in [6, 6.07) is 1.08. The van der Waals surface area contributed by atoms with E-state index in [0.29, 0.717) is 24.0 Å². The van der Waals surface area contributed by atoms with Crippen molar-refractivity contribution in [2.24, 2.45) is 23.7 Å². The lowest BCUT2D eigenvalue weighted by Crippen LogP contribution is -2.50. The molecular formula is C67H102N12O26. The van der Waals surface area contributed by atoms with E-state index < -0.39 is 229 Å². The van der Waals surface area contributed by atoms with Crippen molar-refractivity contribution in [3.8, 4) is 0 Å². The molecule has 105 heavy (non-hydrogen) atoms. The van der Waals surface area contributed by atoms with Crippen molar-refractivity contribution in [2.45, 2.75) is 136 Å². The molecule has 38 nitrogen and oxygen atoms in total. The van der Waals surface area contributed by atoms with Gasteiger partial charge >= 0.3 is 59.7 Å². The molecule has 586 valence electrons. The van der Waals surface area contributed by atoms with Crippen LogP contribution in [0.5, 0.6) is 0 Å². The number of ketones is 2. The second-order valence-corrected chi connectivity index (χ2v) is 26.1. The molecule has 0 saturated heterocycles. The van der Waals surface area contributed by atoms with Crippen LogP contribution >= 0.6 is 0 Å². The number of benzene rings is 1. The van der Waals surface area contributed by atoms with E-state index in [1.807, 2.05) is 27.7 Å². The zero-order valence-electron chi connectivity index (χ0n) is 59.7. The third-order valence-corrected chi connectivity index (χ3v) is 17.1. The van der Waals surface area contributed by atoms with E-state index in [9.17, 15) is 128 Å². The summed E-state index contributed by atoms with van der Waals surface area (Å²) in [7, 11) is 0. The summed E-state index contributed by atoms with van der Waals surface area (Å²) >= 11 is 0. The Balaban J connectivity index is 2.49. The largest absolute Gasteiger partial charge is 0.480 e. The average molecular weight is 1490 g/mol. The fraction of sp³-hybridized carbons (Fsp3) is 0.627. The number of H-pyrrole nitrogens is 1. The van der Waals surface area contributed by atoms with E-state index in [1.165, 1.54) is 16.1 Å². The molecule has 1 unspecified atom stereocenters. The van der Waals surface area contributed by atoms with Crippen LogP contribution in [-0.2, 0) is 96.1 Å². The number of hydrogen-bond donors (Lipinski definition) is 15. The normalized spacial score (nSPS) is 13.5. The van der Waals surface area contributed by atoms with E-state index in [4.69, 9.17) is 0 Å². The van der Waals surface area contributed by atoms with Gasteiger partial charge in [-0.2, -0.15) is 0 Å². The van der Waals surface area contributed by atoms with Gasteiger partial charge in [-0.05, 0) is 61.5 Å². The zero-order valence-corrected chi connectivity index (χ0v) is 59.7. The third kappa shape index (κ3) is 39.0. The first kappa shape index (κ1) is 91.2. The highest BCUT2D eigenvalue weighted by Crippen LogP contribution is 2.24. The Kier molecular flexibility index (Phi) is 41.9. The maximum atomic E-state index is 14.3. The number of nitrogens with one attached hydrogen (secondary N) is 5. The van der Waals surface area contributed by atoms with Gasteiger partial charge in [-0.3, -0.25) is 106 Å². The number of carbonyl (C=O) groups is 16. The molecule has 2 aromatic rings. The molecule has 7 atom stereocenters. The quantitative estimate of drug-likeness (QED) is 0.0359. The summed E-state index contributed by atoms with van der Waals surface area (Å²) in [6.07, 6.45) is 1.59. The van der Waals surface area contributed by atoms with Crippen LogP contribution < -0.4 is 21.3 Å². The van der Waals surface area contributed by atoms with Crippen molar-refractivity contribution in [1.82, 2.24) is 60.6 Å². The van der Waals surface area contributed by atoms with Crippen molar-refractivity contribution >= 4 is 94.9 Å². The number of nitrogens with zero attached hydrogens (tertiary/aromatic N) is 7.